The number of thioether (sulfide) groups is 1. The maximum Gasteiger partial charge on any atom is 0.214 e. The predicted octanol–water partition coefficient (Wildman–Crippen LogP) is 3.76. The molecule has 8 heteroatoms. The van der Waals surface area contributed by atoms with Crippen molar-refractivity contribution in [3.05, 3.63) is 58.9 Å². The van der Waals surface area contributed by atoms with Gasteiger partial charge in [0.05, 0.1) is 12.8 Å². The first kappa shape index (κ1) is 15.8. The van der Waals surface area contributed by atoms with Gasteiger partial charge >= 0.3 is 0 Å². The minimum absolute atomic E-state index is 0.307. The van der Waals surface area contributed by atoms with Crippen LogP contribution in [0.5, 0.6) is 5.75 Å². The number of halogens is 2. The van der Waals surface area contributed by atoms with Crippen molar-refractivity contribution in [2.24, 2.45) is 0 Å². The number of nitrogens with zero attached hydrogens (tertiary/aromatic N) is 4. The molecule has 118 valence electrons. The molecule has 0 aliphatic heterocycles. The first-order valence-corrected chi connectivity index (χ1v) is 8.03. The second-order valence-corrected chi connectivity index (χ2v) is 5.97. The molecule has 0 spiro atoms. The molecule has 5 nitrogen and oxygen atoms in total. The van der Waals surface area contributed by atoms with E-state index in [0.717, 1.165) is 11.3 Å². The Bertz CT molecular complexity index is 809. The van der Waals surface area contributed by atoms with Crippen molar-refractivity contribution < 1.29 is 9.13 Å². The highest BCUT2D eigenvalue weighted by molar-refractivity contribution is 7.98. The normalized spacial score (nSPS) is 10.7. The molecule has 0 saturated carbocycles. The number of hydrogen-bond donors (Lipinski definition) is 0. The van der Waals surface area contributed by atoms with E-state index in [4.69, 9.17) is 16.3 Å². The van der Waals surface area contributed by atoms with Gasteiger partial charge in [-0.05, 0) is 52.9 Å². The van der Waals surface area contributed by atoms with E-state index in [1.165, 1.54) is 23.9 Å². The Morgan fingerprint density at radius 1 is 1.22 bits per heavy atom. The summed E-state index contributed by atoms with van der Waals surface area (Å²) in [4.78, 5) is 0. The quantitative estimate of drug-likeness (QED) is 0.656. The number of rotatable bonds is 5. The molecule has 2 aromatic carbocycles. The topological polar surface area (TPSA) is 52.8 Å². The maximum atomic E-state index is 13.4. The van der Waals surface area contributed by atoms with Gasteiger partial charge in [0.2, 0.25) is 5.16 Å². The second-order valence-electron chi connectivity index (χ2n) is 4.59. The Morgan fingerprint density at radius 2 is 2.00 bits per heavy atom. The number of benzene rings is 2. The molecule has 3 rings (SSSR count). The molecule has 0 N–H and O–H groups in total. The fourth-order valence-electron chi connectivity index (χ4n) is 2.02. The third kappa shape index (κ3) is 3.62. The molecule has 0 unspecified atom stereocenters. The van der Waals surface area contributed by atoms with Crippen LogP contribution in [0.1, 0.15) is 5.56 Å². The van der Waals surface area contributed by atoms with Crippen LogP contribution >= 0.6 is 23.4 Å². The maximum absolute atomic E-state index is 13.4. The molecule has 0 fully saturated rings. The van der Waals surface area contributed by atoms with Crippen LogP contribution in [0.25, 0.3) is 5.69 Å². The number of tetrazole rings is 1. The summed E-state index contributed by atoms with van der Waals surface area (Å²) in [5, 5.41) is 12.9. The molecular formula is C15H12ClFN4OS. The van der Waals surface area contributed by atoms with E-state index < -0.39 is 0 Å². The molecule has 3 aromatic rings. The van der Waals surface area contributed by atoms with E-state index in [1.54, 1.807) is 30.0 Å². The van der Waals surface area contributed by atoms with Gasteiger partial charge in [0.25, 0.3) is 0 Å². The number of aromatic nitrogens is 4. The van der Waals surface area contributed by atoms with E-state index in [2.05, 4.69) is 15.5 Å². The molecular weight excluding hydrogens is 339 g/mol. The Morgan fingerprint density at radius 3 is 2.74 bits per heavy atom. The summed E-state index contributed by atoms with van der Waals surface area (Å²) in [6.07, 6.45) is 0. The third-order valence-electron chi connectivity index (χ3n) is 3.11. The van der Waals surface area contributed by atoms with Crippen LogP contribution in [0.15, 0.2) is 47.6 Å². The largest absolute Gasteiger partial charge is 0.496 e. The molecule has 0 saturated heterocycles. The van der Waals surface area contributed by atoms with Crippen LogP contribution in [-0.4, -0.2) is 27.3 Å². The van der Waals surface area contributed by atoms with E-state index >= 15 is 0 Å². The van der Waals surface area contributed by atoms with E-state index in [9.17, 15) is 4.39 Å². The van der Waals surface area contributed by atoms with Crippen molar-refractivity contribution in [1.82, 2.24) is 20.2 Å². The highest BCUT2D eigenvalue weighted by Gasteiger charge is 2.11. The lowest BCUT2D eigenvalue weighted by atomic mass is 10.2. The minimum Gasteiger partial charge on any atom is -0.496 e. The SMILES string of the molecule is COc1ccc(F)cc1CSc1nnnn1-c1ccc(Cl)cc1. The fraction of sp³-hybridized carbons (Fsp3) is 0.133. The van der Waals surface area contributed by atoms with Gasteiger partial charge < -0.3 is 4.74 Å². The van der Waals surface area contributed by atoms with Gasteiger partial charge in [0.1, 0.15) is 11.6 Å². The second kappa shape index (κ2) is 6.97. The molecule has 0 radical (unpaired) electrons. The zero-order chi connectivity index (χ0) is 16.2. The van der Waals surface area contributed by atoms with Crippen molar-refractivity contribution in [2.45, 2.75) is 10.9 Å². The molecule has 0 amide bonds. The van der Waals surface area contributed by atoms with Gasteiger partial charge in [-0.2, -0.15) is 4.68 Å². The van der Waals surface area contributed by atoms with Crippen LogP contribution in [0.3, 0.4) is 0 Å². The van der Waals surface area contributed by atoms with Crippen molar-refractivity contribution in [1.29, 1.82) is 0 Å². The zero-order valence-electron chi connectivity index (χ0n) is 12.1. The average Bonchev–Trinajstić information content (AvgIpc) is 3.02. The highest BCUT2D eigenvalue weighted by Crippen LogP contribution is 2.28. The standard InChI is InChI=1S/C15H12ClFN4OS/c1-22-14-7-4-12(17)8-10(14)9-23-15-18-19-20-21(15)13-5-2-11(16)3-6-13/h2-8H,9H2,1H3. The van der Waals surface area contributed by atoms with Crippen LogP contribution in [-0.2, 0) is 5.75 Å². The van der Waals surface area contributed by atoms with E-state index in [-0.39, 0.29) is 5.82 Å². The summed E-state index contributed by atoms with van der Waals surface area (Å²) in [5.74, 6) is 0.803. The van der Waals surface area contributed by atoms with Crippen LogP contribution < -0.4 is 4.74 Å². The number of ether oxygens (including phenoxy) is 1. The monoisotopic (exact) mass is 350 g/mol. The Labute approximate surface area is 141 Å². The Balaban J connectivity index is 1.81. The molecule has 1 heterocycles. The van der Waals surface area contributed by atoms with Crippen molar-refractivity contribution in [3.8, 4) is 11.4 Å². The summed E-state index contributed by atoms with van der Waals surface area (Å²) < 4.78 is 20.3. The Hall–Kier alpha value is -2.12. The van der Waals surface area contributed by atoms with E-state index in [0.29, 0.717) is 21.7 Å². The van der Waals surface area contributed by atoms with Gasteiger partial charge in [0.15, 0.2) is 0 Å². The van der Waals surface area contributed by atoms with Crippen LogP contribution in [0.2, 0.25) is 5.02 Å². The summed E-state index contributed by atoms with van der Waals surface area (Å²) in [7, 11) is 1.55. The lowest BCUT2D eigenvalue weighted by Gasteiger charge is -2.08. The molecule has 0 aliphatic carbocycles. The first-order valence-electron chi connectivity index (χ1n) is 6.67. The number of methoxy groups -OCH3 is 1. The van der Waals surface area contributed by atoms with Gasteiger partial charge in [-0.25, -0.2) is 4.39 Å². The highest BCUT2D eigenvalue weighted by atomic mass is 35.5. The zero-order valence-corrected chi connectivity index (χ0v) is 13.7. The van der Waals surface area contributed by atoms with Gasteiger partial charge in [-0.15, -0.1) is 5.10 Å². The first-order chi connectivity index (χ1) is 11.2. The van der Waals surface area contributed by atoms with Gasteiger partial charge in [-0.3, -0.25) is 0 Å². The van der Waals surface area contributed by atoms with Crippen molar-refractivity contribution in [3.63, 3.8) is 0 Å². The minimum atomic E-state index is -0.307. The summed E-state index contributed by atoms with van der Waals surface area (Å²) >= 11 is 7.28. The molecule has 1 aromatic heterocycles. The number of hydrogen-bond acceptors (Lipinski definition) is 5. The Kier molecular flexibility index (Phi) is 4.78. The lowest BCUT2D eigenvalue weighted by molar-refractivity contribution is 0.410. The molecule has 0 bridgehead atoms. The summed E-state index contributed by atoms with van der Waals surface area (Å²) in [6.45, 7) is 0. The van der Waals surface area contributed by atoms with Crippen molar-refractivity contribution >= 4 is 23.4 Å². The summed E-state index contributed by atoms with van der Waals surface area (Å²) in [6, 6.07) is 11.6. The van der Waals surface area contributed by atoms with Gasteiger partial charge in [0, 0.05) is 16.3 Å². The molecule has 0 atom stereocenters. The van der Waals surface area contributed by atoms with Crippen LogP contribution in [0.4, 0.5) is 4.39 Å². The molecule has 23 heavy (non-hydrogen) atoms. The van der Waals surface area contributed by atoms with Crippen LogP contribution in [0, 0.1) is 5.82 Å². The van der Waals surface area contributed by atoms with E-state index in [1.807, 2.05) is 12.1 Å². The third-order valence-corrected chi connectivity index (χ3v) is 4.33. The smallest absolute Gasteiger partial charge is 0.214 e. The lowest BCUT2D eigenvalue weighted by Crippen LogP contribution is -1.99. The molecule has 0 aliphatic rings. The average molecular weight is 351 g/mol. The van der Waals surface area contributed by atoms with Crippen molar-refractivity contribution in [2.75, 3.05) is 7.11 Å². The fourth-order valence-corrected chi connectivity index (χ4v) is 3.01. The summed E-state index contributed by atoms with van der Waals surface area (Å²) in [5.41, 5.74) is 1.54. The van der Waals surface area contributed by atoms with Gasteiger partial charge in [-0.1, -0.05) is 23.4 Å². The predicted molar refractivity (Wildman–Crippen MR) is 86.7 cm³/mol.